The number of nitrogens with zero attached hydrogens (tertiary/aromatic N) is 1. The Balaban J connectivity index is 2.82. The summed E-state index contributed by atoms with van der Waals surface area (Å²) in [6.07, 6.45) is 1.43. The predicted molar refractivity (Wildman–Crippen MR) is 57.7 cm³/mol. The molecule has 3 nitrogen and oxygen atoms in total. The molecule has 0 radical (unpaired) electrons. The zero-order valence-electron chi connectivity index (χ0n) is 7.84. The Kier molecular flexibility index (Phi) is 3.72. The van der Waals surface area contributed by atoms with E-state index in [-0.39, 0.29) is 11.8 Å². The summed E-state index contributed by atoms with van der Waals surface area (Å²) in [5.74, 6) is 0.111. The Morgan fingerprint density at radius 2 is 2.14 bits per heavy atom. The summed E-state index contributed by atoms with van der Waals surface area (Å²) in [4.78, 5) is 15.2. The molecule has 76 valence electrons. The van der Waals surface area contributed by atoms with Gasteiger partial charge >= 0.3 is 0 Å². The van der Waals surface area contributed by atoms with Gasteiger partial charge in [-0.2, -0.15) is 0 Å². The summed E-state index contributed by atoms with van der Waals surface area (Å²) < 4.78 is 0. The van der Waals surface area contributed by atoms with Crippen molar-refractivity contribution in [3.8, 4) is 0 Å². The normalized spacial score (nSPS) is 10.4. The van der Waals surface area contributed by atoms with E-state index in [1.54, 1.807) is 13.8 Å². The molecule has 1 aromatic heterocycles. The molecule has 0 saturated heterocycles. The molecule has 0 fully saturated rings. The molecule has 5 heteroatoms. The Morgan fingerprint density at radius 3 is 2.64 bits per heavy atom. The summed E-state index contributed by atoms with van der Waals surface area (Å²) in [5, 5.41) is 3.38. The number of hydrogen-bond acceptors (Lipinski definition) is 2. The van der Waals surface area contributed by atoms with Crippen molar-refractivity contribution in [2.45, 2.75) is 13.8 Å². The minimum absolute atomic E-state index is 0.108. The van der Waals surface area contributed by atoms with Gasteiger partial charge in [-0.3, -0.25) is 4.79 Å². The number of carbonyl (C=O) groups excluding carboxylic acids is 1. The van der Waals surface area contributed by atoms with Gasteiger partial charge in [0.2, 0.25) is 5.91 Å². The maximum Gasteiger partial charge on any atom is 0.228 e. The standard InChI is InChI=1S/C9H10Cl2N2O/c1-5(2)9(14)13-8-7(11)3-6(10)4-12-8/h3-5H,1-2H3,(H,12,13,14). The highest BCUT2D eigenvalue weighted by molar-refractivity contribution is 6.36. The number of carbonyl (C=O) groups is 1. The Hall–Kier alpha value is -0.800. The second kappa shape index (κ2) is 4.62. The molecule has 0 spiro atoms. The predicted octanol–water partition coefficient (Wildman–Crippen LogP) is 2.98. The van der Waals surface area contributed by atoms with Crippen LogP contribution in [0.15, 0.2) is 12.3 Å². The van der Waals surface area contributed by atoms with E-state index in [0.717, 1.165) is 0 Å². The van der Waals surface area contributed by atoms with Crippen LogP contribution in [0, 0.1) is 5.92 Å². The molecule has 0 bridgehead atoms. The van der Waals surface area contributed by atoms with Crippen molar-refractivity contribution in [3.05, 3.63) is 22.3 Å². The smallest absolute Gasteiger partial charge is 0.228 e. The molecule has 1 N–H and O–H groups in total. The first kappa shape index (κ1) is 11.3. The van der Waals surface area contributed by atoms with E-state index in [4.69, 9.17) is 23.2 Å². The zero-order chi connectivity index (χ0) is 10.7. The molecule has 1 rings (SSSR count). The van der Waals surface area contributed by atoms with Gasteiger partial charge in [0.15, 0.2) is 5.82 Å². The summed E-state index contributed by atoms with van der Waals surface area (Å²) in [6, 6.07) is 1.53. The number of amides is 1. The number of nitrogens with one attached hydrogen (secondary N) is 1. The first-order chi connectivity index (χ1) is 6.50. The number of pyridine rings is 1. The molecule has 1 aromatic rings. The van der Waals surface area contributed by atoms with Crippen LogP contribution in [0.3, 0.4) is 0 Å². The van der Waals surface area contributed by atoms with E-state index < -0.39 is 0 Å². The molecule has 1 amide bonds. The van der Waals surface area contributed by atoms with Crippen molar-refractivity contribution in [1.29, 1.82) is 0 Å². The van der Waals surface area contributed by atoms with Crippen molar-refractivity contribution in [1.82, 2.24) is 4.98 Å². The lowest BCUT2D eigenvalue weighted by atomic mass is 10.2. The molecule has 0 aromatic carbocycles. The lowest BCUT2D eigenvalue weighted by molar-refractivity contribution is -0.118. The highest BCUT2D eigenvalue weighted by Crippen LogP contribution is 2.22. The lowest BCUT2D eigenvalue weighted by Crippen LogP contribution is -2.18. The van der Waals surface area contributed by atoms with Gasteiger partial charge in [-0.1, -0.05) is 37.0 Å². The van der Waals surface area contributed by atoms with E-state index in [1.807, 2.05) is 0 Å². The van der Waals surface area contributed by atoms with Gasteiger partial charge in [0.1, 0.15) is 0 Å². The number of aromatic nitrogens is 1. The largest absolute Gasteiger partial charge is 0.309 e. The third kappa shape index (κ3) is 2.86. The van der Waals surface area contributed by atoms with Gasteiger partial charge in [0, 0.05) is 12.1 Å². The molecular weight excluding hydrogens is 223 g/mol. The third-order valence-electron chi connectivity index (χ3n) is 1.57. The zero-order valence-corrected chi connectivity index (χ0v) is 9.36. The topological polar surface area (TPSA) is 42.0 Å². The number of halogens is 2. The summed E-state index contributed by atoms with van der Waals surface area (Å²) >= 11 is 11.5. The van der Waals surface area contributed by atoms with Crippen LogP contribution < -0.4 is 5.32 Å². The van der Waals surface area contributed by atoms with Crippen LogP contribution in [-0.4, -0.2) is 10.9 Å². The van der Waals surface area contributed by atoms with E-state index in [9.17, 15) is 4.79 Å². The highest BCUT2D eigenvalue weighted by Gasteiger charge is 2.10. The average molecular weight is 233 g/mol. The summed E-state index contributed by atoms with van der Waals surface area (Å²) in [6.45, 7) is 3.58. The minimum Gasteiger partial charge on any atom is -0.309 e. The second-order valence-corrected chi connectivity index (χ2v) is 3.97. The molecule has 0 unspecified atom stereocenters. The quantitative estimate of drug-likeness (QED) is 0.853. The summed E-state index contributed by atoms with van der Waals surface area (Å²) in [5.41, 5.74) is 0. The van der Waals surface area contributed by atoms with Gasteiger partial charge in [-0.15, -0.1) is 0 Å². The molecule has 0 atom stereocenters. The highest BCUT2D eigenvalue weighted by atomic mass is 35.5. The second-order valence-electron chi connectivity index (χ2n) is 3.13. The first-order valence-electron chi connectivity index (χ1n) is 4.12. The maximum absolute atomic E-state index is 11.3. The van der Waals surface area contributed by atoms with Crippen LogP contribution in [0.2, 0.25) is 10.0 Å². The van der Waals surface area contributed by atoms with Crippen molar-refractivity contribution in [2.24, 2.45) is 5.92 Å². The maximum atomic E-state index is 11.3. The van der Waals surface area contributed by atoms with Crippen molar-refractivity contribution >= 4 is 34.9 Å². The van der Waals surface area contributed by atoms with Crippen LogP contribution in [0.1, 0.15) is 13.8 Å². The van der Waals surface area contributed by atoms with Crippen LogP contribution in [0.4, 0.5) is 5.82 Å². The lowest BCUT2D eigenvalue weighted by Gasteiger charge is -2.07. The molecule has 0 saturated carbocycles. The van der Waals surface area contributed by atoms with Crippen LogP contribution >= 0.6 is 23.2 Å². The van der Waals surface area contributed by atoms with E-state index in [2.05, 4.69) is 10.3 Å². The molecule has 1 heterocycles. The molecule has 14 heavy (non-hydrogen) atoms. The number of hydrogen-bond donors (Lipinski definition) is 1. The van der Waals surface area contributed by atoms with Gasteiger partial charge in [-0.25, -0.2) is 4.98 Å². The fourth-order valence-corrected chi connectivity index (χ4v) is 1.19. The van der Waals surface area contributed by atoms with E-state index in [1.165, 1.54) is 12.3 Å². The van der Waals surface area contributed by atoms with Crippen molar-refractivity contribution in [2.75, 3.05) is 5.32 Å². The van der Waals surface area contributed by atoms with Gasteiger partial charge < -0.3 is 5.32 Å². The molecule has 0 aliphatic carbocycles. The van der Waals surface area contributed by atoms with E-state index in [0.29, 0.717) is 15.9 Å². The first-order valence-corrected chi connectivity index (χ1v) is 4.88. The third-order valence-corrected chi connectivity index (χ3v) is 2.07. The monoisotopic (exact) mass is 232 g/mol. The molecule has 0 aliphatic rings. The van der Waals surface area contributed by atoms with Crippen LogP contribution in [0.5, 0.6) is 0 Å². The van der Waals surface area contributed by atoms with Crippen molar-refractivity contribution in [3.63, 3.8) is 0 Å². The van der Waals surface area contributed by atoms with Crippen molar-refractivity contribution < 1.29 is 4.79 Å². The Bertz CT molecular complexity index is 353. The van der Waals surface area contributed by atoms with Gasteiger partial charge in [-0.05, 0) is 6.07 Å². The van der Waals surface area contributed by atoms with Crippen LogP contribution in [0.25, 0.3) is 0 Å². The minimum atomic E-state index is -0.123. The van der Waals surface area contributed by atoms with Gasteiger partial charge in [0.25, 0.3) is 0 Å². The fraction of sp³-hybridized carbons (Fsp3) is 0.333. The number of anilines is 1. The fourth-order valence-electron chi connectivity index (χ4n) is 0.768. The Labute approximate surface area is 92.4 Å². The van der Waals surface area contributed by atoms with E-state index >= 15 is 0 Å². The Morgan fingerprint density at radius 1 is 1.50 bits per heavy atom. The van der Waals surface area contributed by atoms with Crippen LogP contribution in [-0.2, 0) is 4.79 Å². The average Bonchev–Trinajstić information content (AvgIpc) is 2.09. The SMILES string of the molecule is CC(C)C(=O)Nc1ncc(Cl)cc1Cl. The molecular formula is C9H10Cl2N2O. The summed E-state index contributed by atoms with van der Waals surface area (Å²) in [7, 11) is 0. The molecule has 0 aliphatic heterocycles. The number of rotatable bonds is 2. The van der Waals surface area contributed by atoms with Gasteiger partial charge in [0.05, 0.1) is 10.0 Å².